The molecule has 0 saturated carbocycles. The Bertz CT molecular complexity index is 632. The Morgan fingerprint density at radius 1 is 1.30 bits per heavy atom. The van der Waals surface area contributed by atoms with Crippen LogP contribution in [0.25, 0.3) is 0 Å². The molecule has 0 saturated heterocycles. The Morgan fingerprint density at radius 3 is 2.70 bits per heavy atom. The fourth-order valence-electron chi connectivity index (χ4n) is 1.57. The number of nitrogen functional groups attached to an aromatic ring is 1. The molecule has 1 heterocycles. The van der Waals surface area contributed by atoms with Crippen LogP contribution in [0.5, 0.6) is 0 Å². The van der Waals surface area contributed by atoms with Crippen molar-refractivity contribution >= 4 is 23.7 Å². The maximum atomic E-state index is 11.8. The fourth-order valence-corrected chi connectivity index (χ4v) is 1.57. The topological polar surface area (TPSA) is 83.9 Å². The first-order valence-corrected chi connectivity index (χ1v) is 6.03. The van der Waals surface area contributed by atoms with Gasteiger partial charge in [-0.2, -0.15) is 5.10 Å². The molecule has 2 rings (SSSR count). The number of nitrogens with two attached hydrogens (primary N) is 1. The number of hydrogen-bond acceptors (Lipinski definition) is 5. The van der Waals surface area contributed by atoms with Crippen molar-refractivity contribution in [3.05, 3.63) is 47.7 Å². The number of benzene rings is 1. The predicted molar refractivity (Wildman–Crippen MR) is 78.9 cm³/mol. The van der Waals surface area contributed by atoms with Gasteiger partial charge in [0.05, 0.1) is 11.8 Å². The summed E-state index contributed by atoms with van der Waals surface area (Å²) < 4.78 is 5.46. The van der Waals surface area contributed by atoms with Gasteiger partial charge in [0.25, 0.3) is 5.91 Å². The summed E-state index contributed by atoms with van der Waals surface area (Å²) in [6, 6.07) is 10.4. The third-order valence-corrected chi connectivity index (χ3v) is 2.62. The summed E-state index contributed by atoms with van der Waals surface area (Å²) >= 11 is 0. The van der Waals surface area contributed by atoms with Crippen molar-refractivity contribution in [2.24, 2.45) is 5.10 Å². The van der Waals surface area contributed by atoms with E-state index in [1.54, 1.807) is 30.3 Å². The van der Waals surface area contributed by atoms with Crippen molar-refractivity contribution in [1.29, 1.82) is 0 Å². The highest BCUT2D eigenvalue weighted by molar-refractivity contribution is 5.99. The SMILES string of the molecule is CN(C)c1ccc(/C=N/NC(=O)c2ccccc2N)o1. The standard InChI is InChI=1S/C14H16N4O2/c1-18(2)13-8-7-10(20-13)9-16-17-14(19)11-5-3-4-6-12(11)15/h3-9H,15H2,1-2H3,(H,17,19)/b16-9+. The normalized spacial score (nSPS) is 10.7. The first-order chi connectivity index (χ1) is 9.58. The Morgan fingerprint density at radius 2 is 2.05 bits per heavy atom. The van der Waals surface area contributed by atoms with Gasteiger partial charge in [-0.1, -0.05) is 12.1 Å². The zero-order chi connectivity index (χ0) is 14.5. The number of nitrogens with zero attached hydrogens (tertiary/aromatic N) is 2. The van der Waals surface area contributed by atoms with Crippen molar-refractivity contribution in [2.75, 3.05) is 24.7 Å². The van der Waals surface area contributed by atoms with E-state index >= 15 is 0 Å². The number of rotatable bonds is 4. The molecule has 0 aliphatic heterocycles. The molecule has 0 fully saturated rings. The first-order valence-electron chi connectivity index (χ1n) is 6.03. The number of anilines is 2. The van der Waals surface area contributed by atoms with Gasteiger partial charge in [-0.25, -0.2) is 5.43 Å². The minimum Gasteiger partial charge on any atom is -0.440 e. The molecule has 0 aliphatic rings. The van der Waals surface area contributed by atoms with Gasteiger partial charge in [0, 0.05) is 25.8 Å². The van der Waals surface area contributed by atoms with Crippen molar-refractivity contribution in [3.63, 3.8) is 0 Å². The molecule has 104 valence electrons. The van der Waals surface area contributed by atoms with Crippen LogP contribution in [-0.2, 0) is 0 Å². The molecule has 0 atom stereocenters. The highest BCUT2D eigenvalue weighted by atomic mass is 16.4. The second-order valence-electron chi connectivity index (χ2n) is 4.36. The number of hydrazone groups is 1. The van der Waals surface area contributed by atoms with E-state index in [1.165, 1.54) is 6.21 Å². The first kappa shape index (κ1) is 13.7. The van der Waals surface area contributed by atoms with Crippen LogP contribution < -0.4 is 16.1 Å². The Kier molecular flexibility index (Phi) is 4.05. The molecule has 0 unspecified atom stereocenters. The zero-order valence-corrected chi connectivity index (χ0v) is 11.3. The molecule has 3 N–H and O–H groups in total. The summed E-state index contributed by atoms with van der Waals surface area (Å²) in [5, 5.41) is 3.84. The maximum Gasteiger partial charge on any atom is 0.273 e. The van der Waals surface area contributed by atoms with E-state index in [4.69, 9.17) is 10.2 Å². The van der Waals surface area contributed by atoms with E-state index in [0.29, 0.717) is 22.9 Å². The van der Waals surface area contributed by atoms with Gasteiger partial charge in [0.1, 0.15) is 5.76 Å². The lowest BCUT2D eigenvalue weighted by molar-refractivity contribution is 0.0956. The van der Waals surface area contributed by atoms with Crippen LogP contribution in [0, 0.1) is 0 Å². The van der Waals surface area contributed by atoms with Crippen LogP contribution in [0.4, 0.5) is 11.6 Å². The van der Waals surface area contributed by atoms with Crippen LogP contribution in [0.1, 0.15) is 16.1 Å². The molecular formula is C14H16N4O2. The number of furan rings is 1. The van der Waals surface area contributed by atoms with E-state index in [-0.39, 0.29) is 5.91 Å². The van der Waals surface area contributed by atoms with Gasteiger partial charge >= 0.3 is 0 Å². The highest BCUT2D eigenvalue weighted by Crippen LogP contribution is 2.14. The van der Waals surface area contributed by atoms with E-state index in [0.717, 1.165) is 0 Å². The average molecular weight is 272 g/mol. The highest BCUT2D eigenvalue weighted by Gasteiger charge is 2.07. The molecule has 1 aromatic heterocycles. The summed E-state index contributed by atoms with van der Waals surface area (Å²) in [6.45, 7) is 0. The molecule has 0 spiro atoms. The third kappa shape index (κ3) is 3.17. The fraction of sp³-hybridized carbons (Fsp3) is 0.143. The van der Waals surface area contributed by atoms with E-state index in [9.17, 15) is 4.79 Å². The number of hydrogen-bond donors (Lipinski definition) is 2. The van der Waals surface area contributed by atoms with Crippen LogP contribution in [0.3, 0.4) is 0 Å². The van der Waals surface area contributed by atoms with Gasteiger partial charge in [0.15, 0.2) is 5.88 Å². The molecule has 1 aromatic carbocycles. The molecule has 1 amide bonds. The number of carbonyl (C=O) groups excluding carboxylic acids is 1. The predicted octanol–water partition coefficient (Wildman–Crippen LogP) is 1.69. The number of para-hydroxylation sites is 1. The Labute approximate surface area is 116 Å². The van der Waals surface area contributed by atoms with Crippen molar-refractivity contribution < 1.29 is 9.21 Å². The second kappa shape index (κ2) is 5.92. The van der Waals surface area contributed by atoms with Gasteiger partial charge in [0.2, 0.25) is 0 Å². The largest absolute Gasteiger partial charge is 0.440 e. The molecule has 0 radical (unpaired) electrons. The molecule has 0 bridgehead atoms. The molecule has 2 aromatic rings. The number of amides is 1. The van der Waals surface area contributed by atoms with Gasteiger partial charge in [-0.15, -0.1) is 0 Å². The molecular weight excluding hydrogens is 256 g/mol. The minimum atomic E-state index is -0.362. The summed E-state index contributed by atoms with van der Waals surface area (Å²) in [6.07, 6.45) is 1.43. The lowest BCUT2D eigenvalue weighted by atomic mass is 10.2. The smallest absolute Gasteiger partial charge is 0.273 e. The maximum absolute atomic E-state index is 11.8. The summed E-state index contributed by atoms with van der Waals surface area (Å²) in [4.78, 5) is 13.7. The zero-order valence-electron chi connectivity index (χ0n) is 11.3. The van der Waals surface area contributed by atoms with Gasteiger partial charge in [-0.05, 0) is 18.2 Å². The lowest BCUT2D eigenvalue weighted by Gasteiger charge is -2.05. The monoisotopic (exact) mass is 272 g/mol. The van der Waals surface area contributed by atoms with E-state index < -0.39 is 0 Å². The van der Waals surface area contributed by atoms with Gasteiger partial charge in [-0.3, -0.25) is 4.79 Å². The van der Waals surface area contributed by atoms with Crippen LogP contribution >= 0.6 is 0 Å². The summed E-state index contributed by atoms with van der Waals surface area (Å²) in [5.41, 5.74) is 8.91. The van der Waals surface area contributed by atoms with Gasteiger partial charge < -0.3 is 15.1 Å². The quantitative estimate of drug-likeness (QED) is 0.504. The van der Waals surface area contributed by atoms with E-state index in [2.05, 4.69) is 10.5 Å². The molecule has 6 nitrogen and oxygen atoms in total. The second-order valence-corrected chi connectivity index (χ2v) is 4.36. The summed E-state index contributed by atoms with van der Waals surface area (Å²) in [7, 11) is 3.75. The van der Waals surface area contributed by atoms with E-state index in [1.807, 2.05) is 25.1 Å². The number of carbonyl (C=O) groups is 1. The molecule has 0 aliphatic carbocycles. The molecule has 20 heavy (non-hydrogen) atoms. The Hall–Kier alpha value is -2.76. The minimum absolute atomic E-state index is 0.362. The Balaban J connectivity index is 1.99. The third-order valence-electron chi connectivity index (χ3n) is 2.62. The van der Waals surface area contributed by atoms with Crippen molar-refractivity contribution in [3.8, 4) is 0 Å². The van der Waals surface area contributed by atoms with Crippen LogP contribution in [-0.4, -0.2) is 26.2 Å². The van der Waals surface area contributed by atoms with Crippen LogP contribution in [0.15, 0.2) is 45.9 Å². The van der Waals surface area contributed by atoms with Crippen molar-refractivity contribution in [1.82, 2.24) is 5.43 Å². The number of nitrogens with one attached hydrogen (secondary N) is 1. The average Bonchev–Trinajstić information content (AvgIpc) is 2.88. The summed E-state index contributed by atoms with van der Waals surface area (Å²) in [5.74, 6) is 0.902. The molecule has 6 heteroatoms. The van der Waals surface area contributed by atoms with Crippen LogP contribution in [0.2, 0.25) is 0 Å². The van der Waals surface area contributed by atoms with Crippen molar-refractivity contribution in [2.45, 2.75) is 0 Å². The lowest BCUT2D eigenvalue weighted by Crippen LogP contribution is -2.18.